The van der Waals surface area contributed by atoms with Gasteiger partial charge in [-0.05, 0) is 30.3 Å². The molecule has 0 atom stereocenters. The molecule has 7 heteroatoms. The molecule has 0 aliphatic heterocycles. The summed E-state index contributed by atoms with van der Waals surface area (Å²) in [6.45, 7) is 0. The Morgan fingerprint density at radius 2 is 0.764 bits per heavy atom. The van der Waals surface area contributed by atoms with Crippen molar-refractivity contribution < 1.29 is 4.42 Å². The zero-order chi connectivity index (χ0) is 36.6. The van der Waals surface area contributed by atoms with E-state index in [-0.39, 0.29) is 0 Å². The van der Waals surface area contributed by atoms with Crippen LogP contribution in [-0.4, -0.2) is 29.9 Å². The lowest BCUT2D eigenvalue weighted by atomic mass is 10.0. The van der Waals surface area contributed by atoms with Crippen molar-refractivity contribution in [3.8, 4) is 79.3 Å². The molecule has 10 rings (SSSR count). The van der Waals surface area contributed by atoms with Crippen LogP contribution >= 0.6 is 0 Å². The summed E-state index contributed by atoms with van der Waals surface area (Å²) in [5.41, 5.74) is 10.6. The maximum Gasteiger partial charge on any atom is 0.164 e. The van der Waals surface area contributed by atoms with Gasteiger partial charge >= 0.3 is 0 Å². The Morgan fingerprint density at radius 1 is 0.327 bits per heavy atom. The molecule has 0 spiro atoms. The predicted molar refractivity (Wildman–Crippen MR) is 219 cm³/mol. The number of fused-ring (bicyclic) bond motifs is 3. The van der Waals surface area contributed by atoms with Crippen molar-refractivity contribution in [3.05, 3.63) is 182 Å². The fourth-order valence-corrected chi connectivity index (χ4v) is 6.88. The first-order valence-corrected chi connectivity index (χ1v) is 18.0. The van der Waals surface area contributed by atoms with Crippen molar-refractivity contribution in [2.75, 3.05) is 0 Å². The smallest absolute Gasteiger partial charge is 0.164 e. The van der Waals surface area contributed by atoms with Crippen molar-refractivity contribution in [3.63, 3.8) is 0 Å². The van der Waals surface area contributed by atoms with Gasteiger partial charge in [-0.25, -0.2) is 24.9 Å². The fraction of sp³-hybridized carbons (Fsp3) is 0. The third-order valence-corrected chi connectivity index (χ3v) is 9.62. The van der Waals surface area contributed by atoms with Crippen LogP contribution in [-0.2, 0) is 0 Å². The largest absolute Gasteiger partial charge is 0.456 e. The molecule has 7 nitrogen and oxygen atoms in total. The van der Waals surface area contributed by atoms with Gasteiger partial charge in [0.25, 0.3) is 0 Å². The van der Waals surface area contributed by atoms with E-state index in [0.29, 0.717) is 23.3 Å². The molecule has 0 saturated carbocycles. The normalized spacial score (nSPS) is 11.3. The third kappa shape index (κ3) is 6.19. The summed E-state index contributed by atoms with van der Waals surface area (Å²) in [5, 5.41) is 1.89. The van der Waals surface area contributed by atoms with Crippen molar-refractivity contribution >= 4 is 21.9 Å². The van der Waals surface area contributed by atoms with Gasteiger partial charge in [0.05, 0.1) is 22.5 Å². The van der Waals surface area contributed by atoms with Crippen LogP contribution in [0.15, 0.2) is 187 Å². The first kappa shape index (κ1) is 32.0. The Kier molecular flexibility index (Phi) is 8.00. The van der Waals surface area contributed by atoms with Crippen LogP contribution in [0.5, 0.6) is 0 Å². The van der Waals surface area contributed by atoms with Crippen LogP contribution < -0.4 is 0 Å². The van der Waals surface area contributed by atoms with Gasteiger partial charge in [-0.2, -0.15) is 0 Å². The molecule has 0 amide bonds. The minimum atomic E-state index is 0.596. The van der Waals surface area contributed by atoms with Crippen molar-refractivity contribution in [1.29, 1.82) is 0 Å². The summed E-state index contributed by atoms with van der Waals surface area (Å²) in [6, 6.07) is 58.7. The lowest BCUT2D eigenvalue weighted by Crippen LogP contribution is -2.00. The molecular weight excluding hydrogens is 677 g/mol. The van der Waals surface area contributed by atoms with E-state index in [1.807, 2.05) is 133 Å². The molecule has 4 heterocycles. The summed E-state index contributed by atoms with van der Waals surface area (Å²) in [7, 11) is 0. The second-order valence-corrected chi connectivity index (χ2v) is 13.2. The number of nitrogens with zero attached hydrogens (tertiary/aromatic N) is 6. The number of aromatic nitrogens is 6. The average molecular weight is 707 g/mol. The molecule has 4 aromatic heterocycles. The van der Waals surface area contributed by atoms with Crippen molar-refractivity contribution in [1.82, 2.24) is 29.9 Å². The molecule has 0 aliphatic carbocycles. The highest BCUT2D eigenvalue weighted by molar-refractivity contribution is 6.12. The van der Waals surface area contributed by atoms with Gasteiger partial charge in [-0.3, -0.25) is 4.98 Å². The van der Waals surface area contributed by atoms with E-state index in [1.54, 1.807) is 6.20 Å². The topological polar surface area (TPSA) is 90.5 Å². The SMILES string of the molecule is c1ccc(-c2cc(-c3ccc4oc5ccnc(-c6ccc(-c7nc(-c8ccccc8)nc(-c8ccccc8)n7)cc6)c5c4c3)nc(-c3ccccc3)n2)cc1. The fourth-order valence-electron chi connectivity index (χ4n) is 6.88. The predicted octanol–water partition coefficient (Wildman–Crippen LogP) is 11.6. The van der Waals surface area contributed by atoms with Gasteiger partial charge < -0.3 is 4.42 Å². The van der Waals surface area contributed by atoms with Crippen LogP contribution in [0.3, 0.4) is 0 Å². The highest BCUT2D eigenvalue weighted by Gasteiger charge is 2.18. The first-order valence-electron chi connectivity index (χ1n) is 18.0. The Balaban J connectivity index is 1.07. The first-order chi connectivity index (χ1) is 27.2. The number of benzene rings is 6. The molecule has 0 radical (unpaired) electrons. The van der Waals surface area contributed by atoms with Crippen LogP contribution in [0.1, 0.15) is 0 Å². The van der Waals surface area contributed by atoms with Gasteiger partial charge in [0.2, 0.25) is 0 Å². The number of hydrogen-bond donors (Lipinski definition) is 0. The van der Waals surface area contributed by atoms with Crippen LogP contribution in [0.25, 0.3) is 101 Å². The van der Waals surface area contributed by atoms with Gasteiger partial charge in [0.1, 0.15) is 11.2 Å². The molecule has 0 unspecified atom stereocenters. The van der Waals surface area contributed by atoms with E-state index < -0.39 is 0 Å². The van der Waals surface area contributed by atoms with Crippen molar-refractivity contribution in [2.45, 2.75) is 0 Å². The number of rotatable bonds is 7. The van der Waals surface area contributed by atoms with Gasteiger partial charge in [-0.15, -0.1) is 0 Å². The molecule has 258 valence electrons. The van der Waals surface area contributed by atoms with Crippen molar-refractivity contribution in [2.24, 2.45) is 0 Å². The van der Waals surface area contributed by atoms with E-state index in [9.17, 15) is 0 Å². The monoisotopic (exact) mass is 706 g/mol. The molecule has 6 aromatic carbocycles. The molecular formula is C48H30N6O. The maximum absolute atomic E-state index is 6.40. The van der Waals surface area contributed by atoms with Crippen LogP contribution in [0, 0.1) is 0 Å². The van der Waals surface area contributed by atoms with E-state index in [0.717, 1.165) is 78.0 Å². The molecule has 55 heavy (non-hydrogen) atoms. The second kappa shape index (κ2) is 13.7. The summed E-state index contributed by atoms with van der Waals surface area (Å²) in [6.07, 6.45) is 1.79. The average Bonchev–Trinajstić information content (AvgIpc) is 3.66. The van der Waals surface area contributed by atoms with E-state index >= 15 is 0 Å². The molecule has 0 aliphatic rings. The van der Waals surface area contributed by atoms with Crippen LogP contribution in [0.2, 0.25) is 0 Å². The minimum Gasteiger partial charge on any atom is -0.456 e. The highest BCUT2D eigenvalue weighted by atomic mass is 16.3. The number of hydrogen-bond acceptors (Lipinski definition) is 7. The quantitative estimate of drug-likeness (QED) is 0.163. The van der Waals surface area contributed by atoms with E-state index in [2.05, 4.69) is 42.5 Å². The van der Waals surface area contributed by atoms with Gasteiger partial charge in [0, 0.05) is 50.5 Å². The van der Waals surface area contributed by atoms with E-state index in [1.165, 1.54) is 0 Å². The lowest BCUT2D eigenvalue weighted by molar-refractivity contribution is 0.668. The Morgan fingerprint density at radius 3 is 1.31 bits per heavy atom. The number of furan rings is 1. The highest BCUT2D eigenvalue weighted by Crippen LogP contribution is 2.38. The Labute approximate surface area is 316 Å². The third-order valence-electron chi connectivity index (χ3n) is 9.62. The Bertz CT molecular complexity index is 2840. The molecule has 0 N–H and O–H groups in total. The summed E-state index contributed by atoms with van der Waals surface area (Å²) < 4.78 is 6.40. The Hall–Kier alpha value is -7.64. The zero-order valence-corrected chi connectivity index (χ0v) is 29.4. The summed E-state index contributed by atoms with van der Waals surface area (Å²) in [4.78, 5) is 29.6. The van der Waals surface area contributed by atoms with E-state index in [4.69, 9.17) is 34.3 Å². The van der Waals surface area contributed by atoms with Gasteiger partial charge in [-0.1, -0.05) is 146 Å². The zero-order valence-electron chi connectivity index (χ0n) is 29.4. The lowest BCUT2D eigenvalue weighted by Gasteiger charge is -2.10. The molecule has 0 fully saturated rings. The number of pyridine rings is 1. The standard InChI is InChI=1S/C48H30N6O/c1-5-13-31(14-6-1)39-30-40(51-45(50-39)33-15-7-2-8-16-33)37-25-26-41-38(29-37)43-42(55-41)27-28-49-44(43)32-21-23-36(24-22-32)48-53-46(34-17-9-3-10-18-34)52-47(54-48)35-19-11-4-12-20-35/h1-30H. The molecule has 10 aromatic rings. The second-order valence-electron chi connectivity index (χ2n) is 13.2. The summed E-state index contributed by atoms with van der Waals surface area (Å²) in [5.74, 6) is 2.51. The molecule has 0 bridgehead atoms. The molecule has 0 saturated heterocycles. The minimum absolute atomic E-state index is 0.596. The van der Waals surface area contributed by atoms with Crippen LogP contribution in [0.4, 0.5) is 0 Å². The maximum atomic E-state index is 6.40. The van der Waals surface area contributed by atoms with Gasteiger partial charge in [0.15, 0.2) is 23.3 Å². The summed E-state index contributed by atoms with van der Waals surface area (Å²) >= 11 is 0.